The summed E-state index contributed by atoms with van der Waals surface area (Å²) < 4.78 is 10.5. The zero-order valence-corrected chi connectivity index (χ0v) is 14.3. The fourth-order valence-electron chi connectivity index (χ4n) is 2.51. The van der Waals surface area contributed by atoms with E-state index in [2.05, 4.69) is 5.32 Å². The van der Waals surface area contributed by atoms with Crippen molar-refractivity contribution in [2.75, 3.05) is 7.11 Å². The molecule has 0 saturated heterocycles. The highest BCUT2D eigenvalue weighted by molar-refractivity contribution is 5.82. The van der Waals surface area contributed by atoms with Crippen molar-refractivity contribution >= 4 is 16.9 Å². The quantitative estimate of drug-likeness (QED) is 0.880. The number of carbonyl (C=O) groups is 1. The van der Waals surface area contributed by atoms with Crippen LogP contribution < -0.4 is 15.7 Å². The molecule has 0 fully saturated rings. The summed E-state index contributed by atoms with van der Waals surface area (Å²) in [5.74, 6) is 0.559. The standard InChI is InChI=1S/C18H23NO4/c1-11-13-7-6-12(22-5)10-15(13)23-17(21)14(11)8-9-16(20)19-18(2,3)4/h6-7,10H,8-9H2,1-5H3,(H,19,20). The van der Waals surface area contributed by atoms with E-state index in [1.165, 1.54) is 0 Å². The molecule has 0 unspecified atom stereocenters. The molecule has 1 amide bonds. The Hall–Kier alpha value is -2.30. The minimum Gasteiger partial charge on any atom is -0.497 e. The Morgan fingerprint density at radius 3 is 2.61 bits per heavy atom. The van der Waals surface area contributed by atoms with Crippen LogP contribution in [0.2, 0.25) is 0 Å². The normalized spacial score (nSPS) is 11.5. The number of amides is 1. The van der Waals surface area contributed by atoms with Crippen molar-refractivity contribution in [2.45, 2.75) is 46.1 Å². The molecule has 0 atom stereocenters. The zero-order chi connectivity index (χ0) is 17.2. The summed E-state index contributed by atoms with van der Waals surface area (Å²) in [6.45, 7) is 7.65. The van der Waals surface area contributed by atoms with Crippen molar-refractivity contribution in [3.8, 4) is 5.75 Å². The first-order valence-corrected chi connectivity index (χ1v) is 7.62. The van der Waals surface area contributed by atoms with Gasteiger partial charge >= 0.3 is 5.63 Å². The minimum absolute atomic E-state index is 0.0777. The number of carbonyl (C=O) groups excluding carboxylic acids is 1. The van der Waals surface area contributed by atoms with Crippen LogP contribution in [0.15, 0.2) is 27.4 Å². The number of hydrogen-bond acceptors (Lipinski definition) is 4. The summed E-state index contributed by atoms with van der Waals surface area (Å²) >= 11 is 0. The van der Waals surface area contributed by atoms with E-state index in [9.17, 15) is 9.59 Å². The maximum Gasteiger partial charge on any atom is 0.339 e. The van der Waals surface area contributed by atoms with Crippen LogP contribution >= 0.6 is 0 Å². The van der Waals surface area contributed by atoms with Gasteiger partial charge in [0.2, 0.25) is 5.91 Å². The number of methoxy groups -OCH3 is 1. The second-order valence-corrected chi connectivity index (χ2v) is 6.65. The number of rotatable bonds is 4. The molecule has 1 aromatic heterocycles. The van der Waals surface area contributed by atoms with Crippen LogP contribution in [0.25, 0.3) is 11.0 Å². The highest BCUT2D eigenvalue weighted by Crippen LogP contribution is 2.24. The first-order chi connectivity index (χ1) is 10.7. The van der Waals surface area contributed by atoms with Crippen molar-refractivity contribution in [1.29, 1.82) is 0 Å². The summed E-state index contributed by atoms with van der Waals surface area (Å²) in [7, 11) is 1.56. The van der Waals surface area contributed by atoms with Crippen molar-refractivity contribution in [2.24, 2.45) is 0 Å². The maximum absolute atomic E-state index is 12.2. The molecule has 2 rings (SSSR count). The summed E-state index contributed by atoms with van der Waals surface area (Å²) in [5, 5.41) is 3.75. The predicted molar refractivity (Wildman–Crippen MR) is 90.0 cm³/mol. The molecular formula is C18H23NO4. The highest BCUT2D eigenvalue weighted by Gasteiger charge is 2.16. The molecule has 0 aliphatic rings. The van der Waals surface area contributed by atoms with Gasteiger partial charge in [0.25, 0.3) is 0 Å². The van der Waals surface area contributed by atoms with Crippen LogP contribution in [0.3, 0.4) is 0 Å². The van der Waals surface area contributed by atoms with Gasteiger partial charge in [0.05, 0.1) is 7.11 Å². The molecule has 1 N–H and O–H groups in total. The summed E-state index contributed by atoms with van der Waals surface area (Å²) in [5.41, 5.74) is 1.22. The molecule has 0 saturated carbocycles. The van der Waals surface area contributed by atoms with E-state index in [1.54, 1.807) is 13.2 Å². The summed E-state index contributed by atoms with van der Waals surface area (Å²) in [6, 6.07) is 5.39. The predicted octanol–water partition coefficient (Wildman–Crippen LogP) is 2.96. The van der Waals surface area contributed by atoms with Crippen molar-refractivity contribution in [3.63, 3.8) is 0 Å². The number of benzene rings is 1. The minimum atomic E-state index is -0.396. The van der Waals surface area contributed by atoms with E-state index in [0.717, 1.165) is 10.9 Å². The van der Waals surface area contributed by atoms with E-state index in [1.807, 2.05) is 39.8 Å². The van der Waals surface area contributed by atoms with Crippen molar-refractivity contribution in [3.05, 3.63) is 39.7 Å². The Morgan fingerprint density at radius 2 is 2.00 bits per heavy atom. The van der Waals surface area contributed by atoms with Gasteiger partial charge in [0, 0.05) is 29.0 Å². The number of hydrogen-bond donors (Lipinski definition) is 1. The van der Waals surface area contributed by atoms with Crippen molar-refractivity contribution in [1.82, 2.24) is 5.32 Å². The number of nitrogens with one attached hydrogen (secondary N) is 1. The third kappa shape index (κ3) is 4.12. The topological polar surface area (TPSA) is 68.5 Å². The SMILES string of the molecule is COc1ccc2c(C)c(CCC(=O)NC(C)(C)C)c(=O)oc2c1. The van der Waals surface area contributed by atoms with Gasteiger partial charge in [-0.3, -0.25) is 4.79 Å². The molecule has 5 heteroatoms. The van der Waals surface area contributed by atoms with E-state index in [0.29, 0.717) is 23.3 Å². The lowest BCUT2D eigenvalue weighted by Crippen LogP contribution is -2.40. The average molecular weight is 317 g/mol. The first-order valence-electron chi connectivity index (χ1n) is 7.62. The van der Waals surface area contributed by atoms with Crippen LogP contribution in [0.5, 0.6) is 5.75 Å². The van der Waals surface area contributed by atoms with E-state index >= 15 is 0 Å². The second kappa shape index (κ2) is 6.44. The van der Waals surface area contributed by atoms with Crippen LogP contribution in [0, 0.1) is 6.92 Å². The molecule has 23 heavy (non-hydrogen) atoms. The fraction of sp³-hybridized carbons (Fsp3) is 0.444. The average Bonchev–Trinajstić information content (AvgIpc) is 2.44. The van der Waals surface area contributed by atoms with Gasteiger partial charge in [0.15, 0.2) is 0 Å². The molecule has 1 heterocycles. The molecule has 1 aromatic carbocycles. The maximum atomic E-state index is 12.2. The molecule has 5 nitrogen and oxygen atoms in total. The van der Waals surface area contributed by atoms with Crippen LogP contribution in [0.1, 0.15) is 38.3 Å². The first kappa shape index (κ1) is 17.1. The van der Waals surface area contributed by atoms with Gasteiger partial charge in [-0.15, -0.1) is 0 Å². The fourth-order valence-corrected chi connectivity index (χ4v) is 2.51. The molecule has 124 valence electrons. The van der Waals surface area contributed by atoms with Gasteiger partial charge in [0.1, 0.15) is 11.3 Å². The van der Waals surface area contributed by atoms with E-state index in [-0.39, 0.29) is 17.9 Å². The van der Waals surface area contributed by atoms with E-state index in [4.69, 9.17) is 9.15 Å². The molecule has 0 aliphatic heterocycles. The Balaban J connectivity index is 2.28. The Morgan fingerprint density at radius 1 is 1.30 bits per heavy atom. The molecule has 0 radical (unpaired) electrons. The Labute approximate surface area is 135 Å². The van der Waals surface area contributed by atoms with Crippen molar-refractivity contribution < 1.29 is 13.9 Å². The lowest BCUT2D eigenvalue weighted by atomic mass is 10.0. The number of aryl methyl sites for hydroxylation is 1. The number of fused-ring (bicyclic) bond motifs is 1. The Kier molecular flexibility index (Phi) is 4.78. The smallest absolute Gasteiger partial charge is 0.339 e. The largest absolute Gasteiger partial charge is 0.497 e. The molecule has 0 spiro atoms. The van der Waals surface area contributed by atoms with Gasteiger partial charge < -0.3 is 14.5 Å². The molecule has 0 bridgehead atoms. The van der Waals surface area contributed by atoms with Gasteiger partial charge in [-0.1, -0.05) is 0 Å². The van der Waals surface area contributed by atoms with Gasteiger partial charge in [-0.2, -0.15) is 0 Å². The second-order valence-electron chi connectivity index (χ2n) is 6.65. The van der Waals surface area contributed by atoms with Crippen LogP contribution in [0.4, 0.5) is 0 Å². The Bertz CT molecular complexity index is 784. The lowest BCUT2D eigenvalue weighted by Gasteiger charge is -2.20. The van der Waals surface area contributed by atoms with Gasteiger partial charge in [-0.25, -0.2) is 4.79 Å². The summed E-state index contributed by atoms with van der Waals surface area (Å²) in [6.07, 6.45) is 0.614. The third-order valence-electron chi connectivity index (χ3n) is 3.61. The third-order valence-corrected chi connectivity index (χ3v) is 3.61. The molecule has 0 aliphatic carbocycles. The lowest BCUT2D eigenvalue weighted by molar-refractivity contribution is -0.122. The van der Waals surface area contributed by atoms with E-state index < -0.39 is 5.63 Å². The highest BCUT2D eigenvalue weighted by atomic mass is 16.5. The molecule has 2 aromatic rings. The number of ether oxygens (including phenoxy) is 1. The van der Waals surface area contributed by atoms with Gasteiger partial charge in [-0.05, 0) is 51.8 Å². The van der Waals surface area contributed by atoms with Crippen LogP contribution in [-0.2, 0) is 11.2 Å². The monoisotopic (exact) mass is 317 g/mol. The summed E-state index contributed by atoms with van der Waals surface area (Å²) in [4.78, 5) is 24.2. The molecular weight excluding hydrogens is 294 g/mol. The zero-order valence-electron chi connectivity index (χ0n) is 14.3. The van der Waals surface area contributed by atoms with Crippen LogP contribution in [-0.4, -0.2) is 18.6 Å².